The molecular weight excluding hydrogens is 432 g/mol. The van der Waals surface area contributed by atoms with E-state index in [0.29, 0.717) is 29.5 Å². The third-order valence-corrected chi connectivity index (χ3v) is 11.8. The van der Waals surface area contributed by atoms with Crippen molar-refractivity contribution in [2.24, 2.45) is 51.2 Å². The van der Waals surface area contributed by atoms with Gasteiger partial charge in [0.1, 0.15) is 6.10 Å². The van der Waals surface area contributed by atoms with Crippen LogP contribution >= 0.6 is 0 Å². The van der Waals surface area contributed by atoms with Crippen LogP contribution < -0.4 is 0 Å². The fourth-order valence-electron chi connectivity index (χ4n) is 9.27. The predicted molar refractivity (Wildman–Crippen MR) is 143 cm³/mol. The minimum Gasteiger partial charge on any atom is -0.462 e. The van der Waals surface area contributed by atoms with Crippen molar-refractivity contribution in [2.75, 3.05) is 0 Å². The maximum absolute atomic E-state index is 13.6. The molecule has 0 aliphatic heterocycles. The number of ether oxygens (including phenoxy) is 1. The highest BCUT2D eigenvalue weighted by Crippen LogP contribution is 2.72. The van der Waals surface area contributed by atoms with E-state index >= 15 is 0 Å². The predicted octanol–water partition coefficient (Wildman–Crippen LogP) is 8.16. The molecule has 198 valence electrons. The average Bonchev–Trinajstić information content (AvgIpc) is 3.03. The molecule has 3 fully saturated rings. The smallest absolute Gasteiger partial charge is 0.302 e. The first-order chi connectivity index (χ1) is 16.1. The highest BCUT2D eigenvalue weighted by molar-refractivity contribution is 5.94. The maximum atomic E-state index is 13.6. The van der Waals surface area contributed by atoms with E-state index in [1.807, 2.05) is 0 Å². The summed E-state index contributed by atoms with van der Waals surface area (Å²) in [5.41, 5.74) is 2.04. The Morgan fingerprint density at radius 1 is 1.09 bits per heavy atom. The van der Waals surface area contributed by atoms with Crippen LogP contribution in [0.1, 0.15) is 120 Å². The van der Waals surface area contributed by atoms with Crippen LogP contribution in [0.15, 0.2) is 11.6 Å². The van der Waals surface area contributed by atoms with E-state index in [9.17, 15) is 9.59 Å². The Morgan fingerprint density at radius 2 is 1.77 bits per heavy atom. The largest absolute Gasteiger partial charge is 0.462 e. The summed E-state index contributed by atoms with van der Waals surface area (Å²) in [4.78, 5) is 25.6. The van der Waals surface area contributed by atoms with Crippen LogP contribution in [0.2, 0.25) is 0 Å². The van der Waals surface area contributed by atoms with Crippen molar-refractivity contribution in [3.8, 4) is 0 Å². The number of allylic oxidation sites excluding steroid dienone is 2. The van der Waals surface area contributed by atoms with Crippen LogP contribution in [0.3, 0.4) is 0 Å². The zero-order chi connectivity index (χ0) is 26.0. The molecule has 0 bridgehead atoms. The second kappa shape index (κ2) is 9.02. The molecule has 3 saturated carbocycles. The summed E-state index contributed by atoms with van der Waals surface area (Å²) >= 11 is 0. The first-order valence-corrected chi connectivity index (χ1v) is 14.6. The second-order valence-electron chi connectivity index (χ2n) is 15.0. The molecule has 4 aliphatic rings. The quantitative estimate of drug-likeness (QED) is 0.370. The number of carbonyl (C=O) groups is 2. The summed E-state index contributed by atoms with van der Waals surface area (Å²) in [6.07, 6.45) is 12.4. The minimum atomic E-state index is -0.156. The fourth-order valence-corrected chi connectivity index (χ4v) is 9.27. The summed E-state index contributed by atoms with van der Waals surface area (Å²) in [5.74, 6) is 2.52. The van der Waals surface area contributed by atoms with E-state index in [4.69, 9.17) is 4.74 Å². The van der Waals surface area contributed by atoms with Gasteiger partial charge >= 0.3 is 5.97 Å². The van der Waals surface area contributed by atoms with E-state index in [1.54, 1.807) is 6.92 Å². The summed E-state index contributed by atoms with van der Waals surface area (Å²) in [6.45, 7) is 20.5. The lowest BCUT2D eigenvalue weighted by Crippen LogP contribution is -2.55. The zero-order valence-electron chi connectivity index (χ0n) is 24.1. The van der Waals surface area contributed by atoms with E-state index in [-0.39, 0.29) is 39.7 Å². The third-order valence-electron chi connectivity index (χ3n) is 11.8. The lowest BCUT2D eigenvalue weighted by molar-refractivity contribution is -0.153. The highest BCUT2D eigenvalue weighted by atomic mass is 16.5. The number of hydrogen-bond acceptors (Lipinski definition) is 3. The molecule has 0 aromatic heterocycles. The number of hydrogen-bond donors (Lipinski definition) is 0. The molecule has 0 spiro atoms. The van der Waals surface area contributed by atoms with Crippen molar-refractivity contribution < 1.29 is 14.3 Å². The molecule has 3 nitrogen and oxygen atoms in total. The lowest BCUT2D eigenvalue weighted by Gasteiger charge is -2.61. The van der Waals surface area contributed by atoms with E-state index in [0.717, 1.165) is 32.1 Å². The van der Waals surface area contributed by atoms with Gasteiger partial charge in [0, 0.05) is 12.8 Å². The average molecular weight is 485 g/mol. The lowest BCUT2D eigenvalue weighted by atomic mass is 9.43. The molecule has 35 heavy (non-hydrogen) atoms. The minimum absolute atomic E-state index is 0.0303. The van der Waals surface area contributed by atoms with Gasteiger partial charge in [-0.2, -0.15) is 0 Å². The standard InChI is InChI=1S/C32H52O3/c1-20-10-15-30(7)24-12-17-31(8)23(21(2)28(35-22(3)33)13-14-29(4,5)6)11-16-32(31,9)25(24)19-27(34)26(30)18-20/h19-21,23-24,26,28H,10-18H2,1-9H3/t20-,21-,23?,24?,26-,28+,30+,31+,32-/m0/s1. The Balaban J connectivity index is 1.64. The van der Waals surface area contributed by atoms with Gasteiger partial charge in [-0.1, -0.05) is 67.4 Å². The van der Waals surface area contributed by atoms with Gasteiger partial charge in [0.15, 0.2) is 5.78 Å². The molecule has 0 radical (unpaired) electrons. The number of rotatable bonds is 5. The molecular formula is C32H52O3. The molecule has 9 atom stereocenters. The SMILES string of the molecule is CC(=O)O[C@H](CCC(C)(C)C)[C@@H](C)C1CC[C@@]2(C)C3=CC(=O)[C@@H]4C[C@@H](C)CC[C@]4(C)C3CC[C@]12C. The van der Waals surface area contributed by atoms with E-state index < -0.39 is 0 Å². The normalized spacial score (nSPS) is 42.9. The van der Waals surface area contributed by atoms with Crippen molar-refractivity contribution in [1.29, 1.82) is 0 Å². The molecule has 4 rings (SSSR count). The van der Waals surface area contributed by atoms with Gasteiger partial charge in [0.25, 0.3) is 0 Å². The van der Waals surface area contributed by atoms with Gasteiger partial charge in [-0.3, -0.25) is 9.59 Å². The van der Waals surface area contributed by atoms with E-state index in [2.05, 4.69) is 61.5 Å². The Morgan fingerprint density at radius 3 is 2.40 bits per heavy atom. The second-order valence-corrected chi connectivity index (χ2v) is 15.0. The fraction of sp³-hybridized carbons (Fsp3) is 0.875. The van der Waals surface area contributed by atoms with Crippen LogP contribution in [0, 0.1) is 51.2 Å². The van der Waals surface area contributed by atoms with Crippen LogP contribution in [-0.2, 0) is 14.3 Å². The van der Waals surface area contributed by atoms with Crippen molar-refractivity contribution in [3.63, 3.8) is 0 Å². The first-order valence-electron chi connectivity index (χ1n) is 14.6. The van der Waals surface area contributed by atoms with Crippen molar-refractivity contribution >= 4 is 11.8 Å². The van der Waals surface area contributed by atoms with Crippen LogP contribution in [0.4, 0.5) is 0 Å². The monoisotopic (exact) mass is 484 g/mol. The van der Waals surface area contributed by atoms with Gasteiger partial charge < -0.3 is 4.74 Å². The summed E-state index contributed by atoms with van der Waals surface area (Å²) in [6, 6.07) is 0. The Hall–Kier alpha value is -1.12. The summed E-state index contributed by atoms with van der Waals surface area (Å²) in [7, 11) is 0. The van der Waals surface area contributed by atoms with Gasteiger partial charge in [-0.15, -0.1) is 0 Å². The molecule has 0 aromatic rings. The summed E-state index contributed by atoms with van der Waals surface area (Å²) < 4.78 is 5.99. The molecule has 0 aromatic carbocycles. The van der Waals surface area contributed by atoms with Gasteiger partial charge in [-0.05, 0) is 103 Å². The van der Waals surface area contributed by atoms with Gasteiger partial charge in [-0.25, -0.2) is 0 Å². The van der Waals surface area contributed by atoms with Crippen molar-refractivity contribution in [2.45, 2.75) is 126 Å². The maximum Gasteiger partial charge on any atom is 0.302 e. The number of fused-ring (bicyclic) bond motifs is 5. The van der Waals surface area contributed by atoms with Gasteiger partial charge in [0.2, 0.25) is 0 Å². The third kappa shape index (κ3) is 4.46. The highest BCUT2D eigenvalue weighted by Gasteiger charge is 2.65. The number of carbonyl (C=O) groups excluding carboxylic acids is 2. The Kier molecular flexibility index (Phi) is 6.94. The molecule has 3 heteroatoms. The van der Waals surface area contributed by atoms with Crippen LogP contribution in [0.5, 0.6) is 0 Å². The molecule has 2 unspecified atom stereocenters. The molecule has 0 heterocycles. The van der Waals surface area contributed by atoms with E-state index in [1.165, 1.54) is 31.3 Å². The zero-order valence-corrected chi connectivity index (χ0v) is 24.1. The molecule has 0 N–H and O–H groups in total. The topological polar surface area (TPSA) is 43.4 Å². The molecule has 0 saturated heterocycles. The van der Waals surface area contributed by atoms with Gasteiger partial charge in [0.05, 0.1) is 0 Å². The van der Waals surface area contributed by atoms with Crippen molar-refractivity contribution in [3.05, 3.63) is 11.6 Å². The van der Waals surface area contributed by atoms with Crippen LogP contribution in [0.25, 0.3) is 0 Å². The number of esters is 1. The summed E-state index contributed by atoms with van der Waals surface area (Å²) in [5, 5.41) is 0. The number of ketones is 1. The van der Waals surface area contributed by atoms with Crippen LogP contribution in [-0.4, -0.2) is 17.9 Å². The van der Waals surface area contributed by atoms with Crippen molar-refractivity contribution in [1.82, 2.24) is 0 Å². The molecule has 4 aliphatic carbocycles. The Labute approximate surface area is 215 Å². The first kappa shape index (κ1) is 26.9. The Bertz CT molecular complexity index is 880. The molecule has 0 amide bonds.